The minimum Gasteiger partial charge on any atom is -0.448 e. The van der Waals surface area contributed by atoms with Crippen molar-refractivity contribution in [1.29, 1.82) is 0 Å². The molecule has 2 aliphatic heterocycles. The van der Waals surface area contributed by atoms with Crippen LogP contribution in [0.5, 0.6) is 0 Å². The van der Waals surface area contributed by atoms with E-state index in [2.05, 4.69) is 52.7 Å². The Labute approximate surface area is 192 Å². The summed E-state index contributed by atoms with van der Waals surface area (Å²) in [5, 5.41) is 8.52. The van der Waals surface area contributed by atoms with Gasteiger partial charge >= 0.3 is 6.09 Å². The van der Waals surface area contributed by atoms with Gasteiger partial charge in [0.1, 0.15) is 6.61 Å². The fourth-order valence-corrected chi connectivity index (χ4v) is 5.31. The molecule has 6 nitrogen and oxygen atoms in total. The minimum atomic E-state index is -0.277. The van der Waals surface area contributed by atoms with Gasteiger partial charge < -0.3 is 9.47 Å². The van der Waals surface area contributed by atoms with Gasteiger partial charge in [-0.05, 0) is 53.3 Å². The highest BCUT2D eigenvalue weighted by molar-refractivity contribution is 5.79. The topological polar surface area (TPSA) is 64.5 Å². The lowest BCUT2D eigenvalue weighted by atomic mass is 9.92. The van der Waals surface area contributed by atoms with Crippen molar-refractivity contribution >= 4 is 11.7 Å². The average molecular weight is 440 g/mol. The van der Waals surface area contributed by atoms with Gasteiger partial charge in [0.15, 0.2) is 0 Å². The number of benzene rings is 2. The number of rotatable bonds is 3. The summed E-state index contributed by atoms with van der Waals surface area (Å²) in [4.78, 5) is 15.1. The molecule has 2 unspecified atom stereocenters. The fourth-order valence-electron chi connectivity index (χ4n) is 5.31. The van der Waals surface area contributed by atoms with Crippen LogP contribution in [0.4, 0.5) is 4.79 Å². The Morgan fingerprint density at radius 1 is 1.00 bits per heavy atom. The fraction of sp³-hybridized carbons (Fsp3) is 0.296. The highest BCUT2D eigenvalue weighted by Crippen LogP contribution is 2.44. The Morgan fingerprint density at radius 2 is 1.73 bits per heavy atom. The van der Waals surface area contributed by atoms with E-state index in [-0.39, 0.29) is 24.1 Å². The molecule has 166 valence electrons. The van der Waals surface area contributed by atoms with Gasteiger partial charge in [-0.2, -0.15) is 10.2 Å². The Hall–Kier alpha value is -3.51. The number of carbonyl (C=O) groups excluding carboxylic acids is 1. The number of nitrogens with zero attached hydrogens (tertiary/aromatic N) is 3. The van der Waals surface area contributed by atoms with Gasteiger partial charge in [-0.25, -0.2) is 4.79 Å². The second-order valence-corrected chi connectivity index (χ2v) is 8.93. The first-order valence-corrected chi connectivity index (χ1v) is 11.4. The maximum Gasteiger partial charge on any atom is 0.410 e. The van der Waals surface area contributed by atoms with Crippen LogP contribution in [0.2, 0.25) is 0 Å². The quantitative estimate of drug-likeness (QED) is 0.597. The summed E-state index contributed by atoms with van der Waals surface area (Å²) >= 11 is 0. The molecule has 1 fully saturated rings. The molecule has 2 bridgehead atoms. The van der Waals surface area contributed by atoms with E-state index in [0.29, 0.717) is 26.2 Å². The SMILES string of the molecule is Cc1ccc(C2=CC3COCC(C2)N3C(=O)OCC2c3ccccc3-c3ccccc32)nn1. The van der Waals surface area contributed by atoms with Crippen molar-refractivity contribution in [3.05, 3.63) is 89.3 Å². The summed E-state index contributed by atoms with van der Waals surface area (Å²) in [7, 11) is 0. The molecule has 0 radical (unpaired) electrons. The van der Waals surface area contributed by atoms with E-state index in [1.165, 1.54) is 22.3 Å². The van der Waals surface area contributed by atoms with Crippen molar-refractivity contribution in [1.82, 2.24) is 15.1 Å². The maximum atomic E-state index is 13.3. The number of amides is 1. The summed E-state index contributed by atoms with van der Waals surface area (Å²) in [5.74, 6) is 0.0520. The number of fused-ring (bicyclic) bond motifs is 5. The van der Waals surface area contributed by atoms with E-state index >= 15 is 0 Å². The lowest BCUT2D eigenvalue weighted by Crippen LogP contribution is -2.56. The molecule has 0 saturated carbocycles. The van der Waals surface area contributed by atoms with Gasteiger partial charge in [-0.3, -0.25) is 4.90 Å². The molecule has 33 heavy (non-hydrogen) atoms. The first-order chi connectivity index (χ1) is 16.2. The van der Waals surface area contributed by atoms with Crippen molar-refractivity contribution in [3.8, 4) is 11.1 Å². The van der Waals surface area contributed by atoms with Crippen LogP contribution < -0.4 is 0 Å². The number of aryl methyl sites for hydroxylation is 1. The van der Waals surface area contributed by atoms with E-state index in [1.54, 1.807) is 0 Å². The van der Waals surface area contributed by atoms with Crippen LogP contribution in [-0.2, 0) is 9.47 Å². The van der Waals surface area contributed by atoms with Gasteiger partial charge in [-0.15, -0.1) is 0 Å². The Kier molecular flexibility index (Phi) is 4.95. The highest BCUT2D eigenvalue weighted by atomic mass is 16.6. The summed E-state index contributed by atoms with van der Waals surface area (Å²) < 4.78 is 11.7. The van der Waals surface area contributed by atoms with Gasteiger partial charge in [0.05, 0.1) is 36.7 Å². The zero-order valence-electron chi connectivity index (χ0n) is 18.5. The predicted octanol–water partition coefficient (Wildman–Crippen LogP) is 4.59. The van der Waals surface area contributed by atoms with Crippen LogP contribution in [0.1, 0.15) is 34.9 Å². The molecular formula is C27H25N3O3. The number of hydrogen-bond donors (Lipinski definition) is 0. The van der Waals surface area contributed by atoms with E-state index in [4.69, 9.17) is 9.47 Å². The van der Waals surface area contributed by atoms with Crippen LogP contribution in [0.3, 0.4) is 0 Å². The van der Waals surface area contributed by atoms with Crippen molar-refractivity contribution in [2.75, 3.05) is 19.8 Å². The average Bonchev–Trinajstić information content (AvgIpc) is 3.16. The van der Waals surface area contributed by atoms with Crippen LogP contribution >= 0.6 is 0 Å². The molecule has 1 amide bonds. The molecule has 0 spiro atoms. The lowest BCUT2D eigenvalue weighted by Gasteiger charge is -2.43. The zero-order valence-corrected chi connectivity index (χ0v) is 18.5. The molecule has 6 rings (SSSR count). The normalized spacial score (nSPS) is 21.2. The summed E-state index contributed by atoms with van der Waals surface area (Å²) in [6.45, 7) is 3.21. The number of hydrogen-bond acceptors (Lipinski definition) is 5. The number of ether oxygens (including phenoxy) is 2. The van der Waals surface area contributed by atoms with E-state index in [1.807, 2.05) is 36.1 Å². The molecule has 2 atom stereocenters. The summed E-state index contributed by atoms with van der Waals surface area (Å²) in [6, 6.07) is 20.5. The highest BCUT2D eigenvalue weighted by Gasteiger charge is 2.40. The standard InChI is InChI=1S/C27H25N3O3/c1-17-10-11-26(29-28-17)18-12-19-14-32-15-20(13-18)30(19)27(31)33-16-25-23-8-4-2-6-21(23)22-7-3-5-9-24(22)25/h2-12,19-20,25H,13-16H2,1H3. The first-order valence-electron chi connectivity index (χ1n) is 11.4. The molecule has 3 aliphatic rings. The molecule has 6 heteroatoms. The second kappa shape index (κ2) is 8.12. The molecule has 1 aromatic heterocycles. The third kappa shape index (κ3) is 3.51. The van der Waals surface area contributed by atoms with E-state index in [9.17, 15) is 4.79 Å². The monoisotopic (exact) mass is 439 g/mol. The van der Waals surface area contributed by atoms with E-state index in [0.717, 1.165) is 17.0 Å². The summed E-state index contributed by atoms with van der Waals surface area (Å²) in [6.07, 6.45) is 2.48. The van der Waals surface area contributed by atoms with Gasteiger partial charge in [0.2, 0.25) is 0 Å². The first kappa shape index (κ1) is 20.1. The van der Waals surface area contributed by atoms with Crippen molar-refractivity contribution in [3.63, 3.8) is 0 Å². The third-order valence-electron chi connectivity index (χ3n) is 6.87. The zero-order chi connectivity index (χ0) is 22.4. The third-order valence-corrected chi connectivity index (χ3v) is 6.87. The van der Waals surface area contributed by atoms with Gasteiger partial charge in [0, 0.05) is 5.92 Å². The van der Waals surface area contributed by atoms with Crippen LogP contribution in [-0.4, -0.2) is 53.1 Å². The largest absolute Gasteiger partial charge is 0.448 e. The lowest BCUT2D eigenvalue weighted by molar-refractivity contribution is -0.0332. The Morgan fingerprint density at radius 3 is 2.39 bits per heavy atom. The van der Waals surface area contributed by atoms with Crippen molar-refractivity contribution in [2.45, 2.75) is 31.3 Å². The molecule has 3 aromatic rings. The molecule has 1 aliphatic carbocycles. The molecule has 3 heterocycles. The Bertz CT molecular complexity index is 1190. The van der Waals surface area contributed by atoms with Gasteiger partial charge in [-0.1, -0.05) is 54.6 Å². The summed E-state index contributed by atoms with van der Waals surface area (Å²) in [5.41, 5.74) is 7.75. The number of carbonyl (C=O) groups is 1. The van der Waals surface area contributed by atoms with Crippen LogP contribution in [0.15, 0.2) is 66.7 Å². The molecular weight excluding hydrogens is 414 g/mol. The maximum absolute atomic E-state index is 13.3. The molecule has 0 N–H and O–H groups in total. The number of aromatic nitrogens is 2. The predicted molar refractivity (Wildman–Crippen MR) is 125 cm³/mol. The second-order valence-electron chi connectivity index (χ2n) is 8.93. The smallest absolute Gasteiger partial charge is 0.410 e. The molecule has 1 saturated heterocycles. The van der Waals surface area contributed by atoms with E-state index < -0.39 is 0 Å². The van der Waals surface area contributed by atoms with Gasteiger partial charge in [0.25, 0.3) is 0 Å². The molecule has 2 aromatic carbocycles. The van der Waals surface area contributed by atoms with Crippen LogP contribution in [0.25, 0.3) is 16.7 Å². The number of morpholine rings is 1. The van der Waals surface area contributed by atoms with Crippen LogP contribution in [0, 0.1) is 6.92 Å². The minimum absolute atomic E-state index is 0.0520. The van der Waals surface area contributed by atoms with Crippen molar-refractivity contribution in [2.24, 2.45) is 0 Å². The Balaban J connectivity index is 1.22. The van der Waals surface area contributed by atoms with Crippen molar-refractivity contribution < 1.29 is 14.3 Å².